The summed E-state index contributed by atoms with van der Waals surface area (Å²) in [6.45, 7) is 1.98. The van der Waals surface area contributed by atoms with E-state index < -0.39 is 21.2 Å². The van der Waals surface area contributed by atoms with E-state index in [0.29, 0.717) is 5.92 Å². The summed E-state index contributed by atoms with van der Waals surface area (Å²) in [7, 11) is 0. The molecule has 1 saturated heterocycles. The average molecular weight is 347 g/mol. The summed E-state index contributed by atoms with van der Waals surface area (Å²) < 4.78 is 0. The van der Waals surface area contributed by atoms with Gasteiger partial charge < -0.3 is 4.90 Å². The van der Waals surface area contributed by atoms with Crippen molar-refractivity contribution in [1.29, 1.82) is 0 Å². The molecule has 0 bridgehead atoms. The number of amides is 1. The molecule has 0 radical (unpaired) electrons. The standard InChI is InChI=1S/C17H21N3O5/c1-11-6-7-12-4-2-3-5-16(12)18(11)17(21)13-8-14(19(22)23)10-15(9-13)20(24)25/h8-12,16H,2-7H2,1H3/t11-,12-,16+/m1/s1. The Bertz CT molecular complexity index is 688. The minimum absolute atomic E-state index is 0.0268. The average Bonchev–Trinajstić information content (AvgIpc) is 2.60. The summed E-state index contributed by atoms with van der Waals surface area (Å²) >= 11 is 0. The molecule has 3 atom stereocenters. The van der Waals surface area contributed by atoms with E-state index in [4.69, 9.17) is 0 Å². The van der Waals surface area contributed by atoms with Crippen LogP contribution in [-0.2, 0) is 0 Å². The fourth-order valence-corrected chi connectivity index (χ4v) is 4.24. The molecule has 1 aliphatic carbocycles. The fraction of sp³-hybridized carbons (Fsp3) is 0.588. The maximum absolute atomic E-state index is 13.1. The van der Waals surface area contributed by atoms with Crippen molar-refractivity contribution in [2.45, 2.75) is 57.5 Å². The van der Waals surface area contributed by atoms with Crippen LogP contribution in [0.4, 0.5) is 11.4 Å². The molecule has 0 spiro atoms. The Morgan fingerprint density at radius 1 is 1.00 bits per heavy atom. The Morgan fingerprint density at radius 2 is 1.60 bits per heavy atom. The molecule has 0 unspecified atom stereocenters. The van der Waals surface area contributed by atoms with Crippen LogP contribution in [0, 0.1) is 26.1 Å². The van der Waals surface area contributed by atoms with E-state index in [0.717, 1.165) is 50.3 Å². The fourth-order valence-electron chi connectivity index (χ4n) is 4.24. The number of non-ortho nitro benzene ring substituents is 2. The number of hydrogen-bond acceptors (Lipinski definition) is 5. The van der Waals surface area contributed by atoms with Crippen LogP contribution < -0.4 is 0 Å². The molecule has 134 valence electrons. The zero-order valence-electron chi connectivity index (χ0n) is 14.1. The first-order valence-corrected chi connectivity index (χ1v) is 8.65. The minimum atomic E-state index is -0.702. The van der Waals surface area contributed by atoms with Gasteiger partial charge in [0.2, 0.25) is 0 Å². The van der Waals surface area contributed by atoms with Crippen molar-refractivity contribution in [3.63, 3.8) is 0 Å². The van der Waals surface area contributed by atoms with Crippen molar-refractivity contribution in [2.75, 3.05) is 0 Å². The molecule has 8 heteroatoms. The zero-order valence-corrected chi connectivity index (χ0v) is 14.1. The molecule has 0 aromatic heterocycles. The molecule has 1 aliphatic heterocycles. The molecular weight excluding hydrogens is 326 g/mol. The van der Waals surface area contributed by atoms with E-state index in [1.54, 1.807) is 0 Å². The monoisotopic (exact) mass is 347 g/mol. The van der Waals surface area contributed by atoms with Crippen LogP contribution in [-0.4, -0.2) is 32.7 Å². The van der Waals surface area contributed by atoms with Crippen molar-refractivity contribution >= 4 is 17.3 Å². The van der Waals surface area contributed by atoms with Gasteiger partial charge in [0.25, 0.3) is 17.3 Å². The smallest absolute Gasteiger partial charge is 0.277 e. The van der Waals surface area contributed by atoms with E-state index in [-0.39, 0.29) is 23.6 Å². The molecule has 2 aliphatic rings. The predicted octanol–water partition coefficient (Wildman–Crippen LogP) is 3.69. The topological polar surface area (TPSA) is 107 Å². The molecule has 1 aromatic rings. The zero-order chi connectivity index (χ0) is 18.1. The second-order valence-electron chi connectivity index (χ2n) is 7.00. The van der Waals surface area contributed by atoms with Crippen molar-refractivity contribution in [3.8, 4) is 0 Å². The number of nitro groups is 2. The summed E-state index contributed by atoms with van der Waals surface area (Å²) in [5.74, 6) is 0.124. The van der Waals surface area contributed by atoms with Crippen LogP contribution in [0.5, 0.6) is 0 Å². The number of nitro benzene ring substituents is 2. The normalized spacial score (nSPS) is 26.0. The van der Waals surface area contributed by atoms with Crippen LogP contribution in [0.2, 0.25) is 0 Å². The SMILES string of the molecule is C[C@@H]1CC[C@H]2CCCC[C@@H]2N1C(=O)c1cc([N+](=O)[O-])cc([N+](=O)[O-])c1. The Morgan fingerprint density at radius 3 is 2.20 bits per heavy atom. The number of carbonyl (C=O) groups excluding carboxylic acids is 1. The molecule has 1 amide bonds. The summed E-state index contributed by atoms with van der Waals surface area (Å²) in [5, 5.41) is 22.2. The minimum Gasteiger partial charge on any atom is -0.333 e. The lowest BCUT2D eigenvalue weighted by atomic mass is 9.76. The number of rotatable bonds is 3. The van der Waals surface area contributed by atoms with Crippen molar-refractivity contribution < 1.29 is 14.6 Å². The second kappa shape index (κ2) is 6.78. The van der Waals surface area contributed by atoms with Crippen LogP contribution in [0.3, 0.4) is 0 Å². The van der Waals surface area contributed by atoms with Crippen LogP contribution in [0.15, 0.2) is 18.2 Å². The van der Waals surface area contributed by atoms with E-state index in [2.05, 4.69) is 0 Å². The van der Waals surface area contributed by atoms with Gasteiger partial charge in [-0.2, -0.15) is 0 Å². The van der Waals surface area contributed by atoms with Gasteiger partial charge in [0.15, 0.2) is 0 Å². The number of benzene rings is 1. The first-order chi connectivity index (χ1) is 11.9. The van der Waals surface area contributed by atoms with Gasteiger partial charge in [-0.1, -0.05) is 12.8 Å². The van der Waals surface area contributed by atoms with Crippen molar-refractivity contribution in [3.05, 3.63) is 44.0 Å². The van der Waals surface area contributed by atoms with Crippen LogP contribution in [0.25, 0.3) is 0 Å². The lowest BCUT2D eigenvalue weighted by Gasteiger charge is -2.47. The predicted molar refractivity (Wildman–Crippen MR) is 90.4 cm³/mol. The lowest BCUT2D eigenvalue weighted by molar-refractivity contribution is -0.394. The highest BCUT2D eigenvalue weighted by molar-refractivity contribution is 5.96. The summed E-state index contributed by atoms with van der Waals surface area (Å²) in [5.41, 5.74) is -0.830. The number of fused-ring (bicyclic) bond motifs is 1. The van der Waals surface area contributed by atoms with Crippen LogP contribution >= 0.6 is 0 Å². The van der Waals surface area contributed by atoms with Crippen LogP contribution in [0.1, 0.15) is 55.8 Å². The summed E-state index contributed by atoms with van der Waals surface area (Å²) in [4.78, 5) is 35.7. The van der Waals surface area contributed by atoms with Gasteiger partial charge in [-0.05, 0) is 38.5 Å². The van der Waals surface area contributed by atoms with E-state index >= 15 is 0 Å². The second-order valence-corrected chi connectivity index (χ2v) is 7.00. The molecule has 25 heavy (non-hydrogen) atoms. The first kappa shape index (κ1) is 17.3. The van der Waals surface area contributed by atoms with Crippen molar-refractivity contribution in [2.24, 2.45) is 5.92 Å². The summed E-state index contributed by atoms with van der Waals surface area (Å²) in [6, 6.07) is 3.34. The number of nitrogens with zero attached hydrogens (tertiary/aromatic N) is 3. The molecule has 3 rings (SSSR count). The highest BCUT2D eigenvalue weighted by atomic mass is 16.6. The highest BCUT2D eigenvalue weighted by Gasteiger charge is 2.40. The van der Waals surface area contributed by atoms with Gasteiger partial charge in [-0.3, -0.25) is 25.0 Å². The Hall–Kier alpha value is -2.51. The third-order valence-corrected chi connectivity index (χ3v) is 5.46. The Kier molecular flexibility index (Phi) is 4.69. The third kappa shape index (κ3) is 3.33. The largest absolute Gasteiger partial charge is 0.333 e. The van der Waals surface area contributed by atoms with Gasteiger partial charge in [-0.25, -0.2) is 0 Å². The lowest BCUT2D eigenvalue weighted by Crippen LogP contribution is -2.53. The van der Waals surface area contributed by atoms with Gasteiger partial charge in [0, 0.05) is 24.2 Å². The molecule has 1 saturated carbocycles. The van der Waals surface area contributed by atoms with Gasteiger partial charge in [0.1, 0.15) is 0 Å². The number of likely N-dealkylation sites (tertiary alicyclic amines) is 1. The molecule has 2 fully saturated rings. The quantitative estimate of drug-likeness (QED) is 0.612. The number of piperidine rings is 1. The van der Waals surface area contributed by atoms with Crippen molar-refractivity contribution in [1.82, 2.24) is 4.90 Å². The van der Waals surface area contributed by atoms with E-state index in [1.807, 2.05) is 11.8 Å². The van der Waals surface area contributed by atoms with E-state index in [1.165, 1.54) is 6.42 Å². The number of carbonyl (C=O) groups is 1. The van der Waals surface area contributed by atoms with E-state index in [9.17, 15) is 25.0 Å². The number of hydrogen-bond donors (Lipinski definition) is 0. The molecule has 1 aromatic carbocycles. The maximum atomic E-state index is 13.1. The Labute approximate surface area is 145 Å². The highest BCUT2D eigenvalue weighted by Crippen LogP contribution is 2.39. The molecule has 8 nitrogen and oxygen atoms in total. The maximum Gasteiger partial charge on any atom is 0.277 e. The molecular formula is C17H21N3O5. The first-order valence-electron chi connectivity index (χ1n) is 8.65. The molecule has 1 heterocycles. The summed E-state index contributed by atoms with van der Waals surface area (Å²) in [6.07, 6.45) is 6.23. The van der Waals surface area contributed by atoms with Gasteiger partial charge >= 0.3 is 0 Å². The molecule has 0 N–H and O–H groups in total. The third-order valence-electron chi connectivity index (χ3n) is 5.46. The van der Waals surface area contributed by atoms with Gasteiger partial charge in [0.05, 0.1) is 21.5 Å². The van der Waals surface area contributed by atoms with Gasteiger partial charge in [-0.15, -0.1) is 0 Å². The Balaban J connectivity index is 1.98.